The summed E-state index contributed by atoms with van der Waals surface area (Å²) in [5.41, 5.74) is -0.283. The van der Waals surface area contributed by atoms with E-state index in [0.717, 1.165) is 19.1 Å². The summed E-state index contributed by atoms with van der Waals surface area (Å²) in [6, 6.07) is 2.33. The first-order valence-electron chi connectivity index (χ1n) is 6.05. The maximum atomic E-state index is 13.1. The monoisotopic (exact) mass is 320 g/mol. The first kappa shape index (κ1) is 17.2. The molecule has 0 saturated heterocycles. The Bertz CT molecular complexity index is 655. The minimum atomic E-state index is -4.09. The van der Waals surface area contributed by atoms with Gasteiger partial charge in [-0.1, -0.05) is 0 Å². The van der Waals surface area contributed by atoms with E-state index in [9.17, 15) is 26.8 Å². The third-order valence-electron chi connectivity index (χ3n) is 2.74. The van der Waals surface area contributed by atoms with E-state index in [0.29, 0.717) is 6.07 Å². The quantitative estimate of drug-likeness (QED) is 0.586. The number of hydrogen-bond acceptors (Lipinski definition) is 5. The number of rotatable bonds is 6. The average Bonchev–Trinajstić information content (AvgIpc) is 2.39. The highest BCUT2D eigenvalue weighted by Gasteiger charge is 2.31. The maximum absolute atomic E-state index is 13.1. The second-order valence-corrected chi connectivity index (χ2v) is 6.57. The zero-order valence-corrected chi connectivity index (χ0v) is 12.2. The summed E-state index contributed by atoms with van der Waals surface area (Å²) >= 11 is 0. The predicted octanol–water partition coefficient (Wildman–Crippen LogP) is 1.51. The van der Waals surface area contributed by atoms with Crippen LogP contribution in [0.1, 0.15) is 24.2 Å². The van der Waals surface area contributed by atoms with Crippen molar-refractivity contribution < 1.29 is 31.5 Å². The van der Waals surface area contributed by atoms with Gasteiger partial charge in [-0.2, -0.15) is 0 Å². The molecular weight excluding hydrogens is 306 g/mol. The van der Waals surface area contributed by atoms with Crippen LogP contribution in [0.4, 0.5) is 8.78 Å². The van der Waals surface area contributed by atoms with Crippen molar-refractivity contribution in [2.45, 2.75) is 19.1 Å². The fourth-order valence-corrected chi connectivity index (χ4v) is 2.66. The Hall–Kier alpha value is -1.83. The predicted molar refractivity (Wildman–Crippen MR) is 70.6 cm³/mol. The largest absolute Gasteiger partial charge is 0.465 e. The molecule has 0 aromatic heterocycles. The number of ether oxygens (including phenoxy) is 1. The van der Waals surface area contributed by atoms with Crippen LogP contribution in [0.15, 0.2) is 18.2 Å². The third-order valence-corrected chi connectivity index (χ3v) is 4.67. The van der Waals surface area contributed by atoms with Gasteiger partial charge in [-0.05, 0) is 32.0 Å². The van der Waals surface area contributed by atoms with E-state index >= 15 is 0 Å². The molecule has 1 atom stereocenters. The summed E-state index contributed by atoms with van der Waals surface area (Å²) in [6.07, 6.45) is 0. The first-order valence-corrected chi connectivity index (χ1v) is 7.77. The smallest absolute Gasteiger partial charge is 0.321 e. The van der Waals surface area contributed by atoms with E-state index in [4.69, 9.17) is 0 Å². The molecule has 1 rings (SSSR count). The molecule has 0 saturated carbocycles. The van der Waals surface area contributed by atoms with E-state index in [1.807, 2.05) is 0 Å². The van der Waals surface area contributed by atoms with Gasteiger partial charge in [0.1, 0.15) is 11.0 Å². The summed E-state index contributed by atoms with van der Waals surface area (Å²) in [4.78, 5) is 23.2. The molecule has 1 aromatic rings. The summed E-state index contributed by atoms with van der Waals surface area (Å²) in [7, 11) is -4.09. The number of Topliss-reactive ketones (excluding diaryl/α,β-unsaturated/α-hetero) is 1. The Morgan fingerprint density at radius 2 is 1.86 bits per heavy atom. The van der Waals surface area contributed by atoms with Gasteiger partial charge in [-0.25, -0.2) is 17.2 Å². The highest BCUT2D eigenvalue weighted by molar-refractivity contribution is 7.93. The summed E-state index contributed by atoms with van der Waals surface area (Å²) in [5, 5.41) is -1.56. The number of sulfone groups is 1. The van der Waals surface area contributed by atoms with Gasteiger partial charge in [0.15, 0.2) is 27.3 Å². The molecule has 0 N–H and O–H groups in total. The second kappa shape index (κ2) is 6.75. The van der Waals surface area contributed by atoms with Crippen LogP contribution in [-0.4, -0.2) is 37.8 Å². The number of halogens is 2. The normalized spacial score (nSPS) is 12.8. The van der Waals surface area contributed by atoms with Crippen molar-refractivity contribution in [2.75, 3.05) is 12.4 Å². The molecule has 0 radical (unpaired) electrons. The van der Waals surface area contributed by atoms with Gasteiger partial charge in [-0.3, -0.25) is 9.59 Å². The lowest BCUT2D eigenvalue weighted by Gasteiger charge is -2.11. The van der Waals surface area contributed by atoms with E-state index in [1.165, 1.54) is 6.92 Å². The average molecular weight is 320 g/mol. The fourth-order valence-electron chi connectivity index (χ4n) is 1.54. The van der Waals surface area contributed by atoms with Gasteiger partial charge >= 0.3 is 5.97 Å². The van der Waals surface area contributed by atoms with Crippen molar-refractivity contribution >= 4 is 21.6 Å². The third kappa shape index (κ3) is 4.32. The van der Waals surface area contributed by atoms with Gasteiger partial charge < -0.3 is 4.74 Å². The number of hydrogen-bond donors (Lipinski definition) is 0. The zero-order chi connectivity index (χ0) is 16.2. The molecule has 0 aliphatic carbocycles. The standard InChI is InChI=1S/C13H14F2O5S/c1-3-20-12(16)7-21(18,19)8(2)13(17)9-4-5-10(14)11(15)6-9/h4-6,8H,3,7H2,1-2H3. The lowest BCUT2D eigenvalue weighted by Crippen LogP contribution is -2.33. The number of esters is 1. The highest BCUT2D eigenvalue weighted by Crippen LogP contribution is 2.14. The fraction of sp³-hybridized carbons (Fsp3) is 0.385. The zero-order valence-electron chi connectivity index (χ0n) is 11.4. The van der Waals surface area contributed by atoms with Crippen molar-refractivity contribution in [3.05, 3.63) is 35.4 Å². The molecule has 0 spiro atoms. The molecule has 116 valence electrons. The van der Waals surface area contributed by atoms with Crippen LogP contribution in [0.5, 0.6) is 0 Å². The Kier molecular flexibility index (Phi) is 5.54. The second-order valence-electron chi connectivity index (χ2n) is 4.25. The van der Waals surface area contributed by atoms with Gasteiger partial charge in [0.25, 0.3) is 0 Å². The van der Waals surface area contributed by atoms with Crippen molar-refractivity contribution in [1.29, 1.82) is 0 Å². The van der Waals surface area contributed by atoms with Crippen molar-refractivity contribution in [3.63, 3.8) is 0 Å². The van der Waals surface area contributed by atoms with Gasteiger partial charge in [0.05, 0.1) is 6.61 Å². The van der Waals surface area contributed by atoms with E-state index in [-0.39, 0.29) is 12.2 Å². The lowest BCUT2D eigenvalue weighted by molar-refractivity contribution is -0.139. The Balaban J connectivity index is 2.95. The molecule has 1 unspecified atom stereocenters. The lowest BCUT2D eigenvalue weighted by atomic mass is 10.1. The number of carbonyl (C=O) groups is 2. The molecule has 0 aliphatic rings. The van der Waals surface area contributed by atoms with E-state index < -0.39 is 44.2 Å². The van der Waals surface area contributed by atoms with Gasteiger partial charge in [-0.15, -0.1) is 0 Å². The maximum Gasteiger partial charge on any atom is 0.321 e. The molecular formula is C13H14F2O5S. The molecule has 1 aromatic carbocycles. The molecule has 0 aliphatic heterocycles. The van der Waals surface area contributed by atoms with Crippen molar-refractivity contribution in [2.24, 2.45) is 0 Å². The molecule has 0 bridgehead atoms. The van der Waals surface area contributed by atoms with Crippen LogP contribution < -0.4 is 0 Å². The van der Waals surface area contributed by atoms with E-state index in [1.54, 1.807) is 0 Å². The van der Waals surface area contributed by atoms with Crippen LogP contribution in [0.2, 0.25) is 0 Å². The molecule has 8 heteroatoms. The molecule has 0 heterocycles. The first-order chi connectivity index (χ1) is 9.69. The van der Waals surface area contributed by atoms with Crippen molar-refractivity contribution in [3.8, 4) is 0 Å². The van der Waals surface area contributed by atoms with E-state index in [2.05, 4.69) is 4.74 Å². The Morgan fingerprint density at radius 3 is 2.38 bits per heavy atom. The topological polar surface area (TPSA) is 77.5 Å². The number of ketones is 1. The summed E-state index contributed by atoms with van der Waals surface area (Å²) in [6.45, 7) is 2.61. The highest BCUT2D eigenvalue weighted by atomic mass is 32.2. The van der Waals surface area contributed by atoms with Crippen LogP contribution in [-0.2, 0) is 19.4 Å². The van der Waals surface area contributed by atoms with Crippen LogP contribution >= 0.6 is 0 Å². The SMILES string of the molecule is CCOC(=O)CS(=O)(=O)C(C)C(=O)c1ccc(F)c(F)c1. The number of benzene rings is 1. The minimum absolute atomic E-state index is 0.0137. The van der Waals surface area contributed by atoms with Crippen molar-refractivity contribution in [1.82, 2.24) is 0 Å². The molecule has 21 heavy (non-hydrogen) atoms. The minimum Gasteiger partial charge on any atom is -0.465 e. The van der Waals surface area contributed by atoms with Crippen LogP contribution in [0.25, 0.3) is 0 Å². The number of carbonyl (C=O) groups excluding carboxylic acids is 2. The van der Waals surface area contributed by atoms with Gasteiger partial charge in [0, 0.05) is 5.56 Å². The molecule has 0 amide bonds. The Labute approximate surface area is 120 Å². The van der Waals surface area contributed by atoms with Gasteiger partial charge in [0.2, 0.25) is 0 Å². The summed E-state index contributed by atoms with van der Waals surface area (Å²) < 4.78 is 54.1. The molecule has 0 fully saturated rings. The van der Waals surface area contributed by atoms with Crippen LogP contribution in [0.3, 0.4) is 0 Å². The Morgan fingerprint density at radius 1 is 1.24 bits per heavy atom. The molecule has 5 nitrogen and oxygen atoms in total. The van der Waals surface area contributed by atoms with Crippen LogP contribution in [0, 0.1) is 11.6 Å². The summed E-state index contributed by atoms with van der Waals surface area (Å²) in [5.74, 6) is -5.23.